The summed E-state index contributed by atoms with van der Waals surface area (Å²) in [5, 5.41) is 13.0. The number of urea groups is 1. The number of hydrogen-bond donors (Lipinski definition) is 2. The molecular formula is C32H43N3O6. The second kappa shape index (κ2) is 16.5. The third-order valence-electron chi connectivity index (χ3n) is 7.38. The van der Waals surface area contributed by atoms with Crippen molar-refractivity contribution in [2.45, 2.75) is 96.5 Å². The lowest BCUT2D eigenvalue weighted by atomic mass is 10.0. The van der Waals surface area contributed by atoms with Crippen LogP contribution in [0.5, 0.6) is 0 Å². The van der Waals surface area contributed by atoms with Gasteiger partial charge in [-0.25, -0.2) is 14.5 Å². The van der Waals surface area contributed by atoms with Crippen LogP contribution in [0, 0.1) is 0 Å². The lowest BCUT2D eigenvalue weighted by Crippen LogP contribution is -2.55. The summed E-state index contributed by atoms with van der Waals surface area (Å²) < 4.78 is 5.60. The van der Waals surface area contributed by atoms with Gasteiger partial charge < -0.3 is 14.7 Å². The number of aliphatic carboxylic acids is 1. The Balaban J connectivity index is 1.71. The van der Waals surface area contributed by atoms with Gasteiger partial charge in [0.1, 0.15) is 12.6 Å². The molecule has 1 heterocycles. The normalized spacial score (nSPS) is 16.4. The molecule has 9 heteroatoms. The molecule has 0 radical (unpaired) electrons. The van der Waals surface area contributed by atoms with Crippen LogP contribution in [0.1, 0.15) is 76.3 Å². The topological polar surface area (TPSA) is 116 Å². The number of benzene rings is 2. The number of nitrogens with zero attached hydrogens (tertiary/aromatic N) is 2. The van der Waals surface area contributed by atoms with Crippen molar-refractivity contribution in [1.29, 1.82) is 0 Å². The van der Waals surface area contributed by atoms with Crippen molar-refractivity contribution in [3.63, 3.8) is 0 Å². The van der Waals surface area contributed by atoms with E-state index in [0.717, 1.165) is 48.1 Å². The zero-order valence-electron chi connectivity index (χ0n) is 24.2. The summed E-state index contributed by atoms with van der Waals surface area (Å²) in [4.78, 5) is 54.5. The highest BCUT2D eigenvalue weighted by Crippen LogP contribution is 2.22. The monoisotopic (exact) mass is 565 g/mol. The van der Waals surface area contributed by atoms with Crippen LogP contribution in [0.4, 0.5) is 4.79 Å². The summed E-state index contributed by atoms with van der Waals surface area (Å²) in [5.74, 6) is -2.37. The van der Waals surface area contributed by atoms with Gasteiger partial charge in [-0.15, -0.1) is 0 Å². The second-order valence-corrected chi connectivity index (χ2v) is 10.5. The average molecular weight is 566 g/mol. The third-order valence-corrected chi connectivity index (χ3v) is 7.38. The van der Waals surface area contributed by atoms with Gasteiger partial charge in [-0.05, 0) is 24.0 Å². The largest absolute Gasteiger partial charge is 0.480 e. The fraction of sp³-hybridized carbons (Fsp3) is 0.500. The van der Waals surface area contributed by atoms with Crippen LogP contribution in [-0.4, -0.2) is 63.5 Å². The molecule has 1 saturated heterocycles. The molecule has 9 nitrogen and oxygen atoms in total. The Bertz CT molecular complexity index is 1130. The third kappa shape index (κ3) is 9.42. The van der Waals surface area contributed by atoms with Crippen molar-refractivity contribution in [3.05, 3.63) is 71.8 Å². The van der Waals surface area contributed by atoms with E-state index in [1.807, 2.05) is 60.7 Å². The summed E-state index contributed by atoms with van der Waals surface area (Å²) in [6.07, 6.45) is 6.99. The second-order valence-electron chi connectivity index (χ2n) is 10.5. The Morgan fingerprint density at radius 1 is 0.902 bits per heavy atom. The van der Waals surface area contributed by atoms with Crippen molar-refractivity contribution >= 4 is 23.9 Å². The predicted molar refractivity (Wildman–Crippen MR) is 156 cm³/mol. The molecule has 1 aliphatic heterocycles. The van der Waals surface area contributed by atoms with Gasteiger partial charge in [0.05, 0.1) is 12.6 Å². The van der Waals surface area contributed by atoms with Crippen molar-refractivity contribution in [3.8, 4) is 0 Å². The van der Waals surface area contributed by atoms with E-state index >= 15 is 0 Å². The Kier molecular flexibility index (Phi) is 12.8. The van der Waals surface area contributed by atoms with Crippen LogP contribution in [0.3, 0.4) is 0 Å². The smallest absolute Gasteiger partial charge is 0.328 e. The number of carboxylic acids is 1. The van der Waals surface area contributed by atoms with Gasteiger partial charge in [-0.1, -0.05) is 113 Å². The first-order valence-corrected chi connectivity index (χ1v) is 14.7. The lowest BCUT2D eigenvalue weighted by molar-refractivity contribution is -0.150. The highest BCUT2D eigenvalue weighted by molar-refractivity contribution is 6.03. The van der Waals surface area contributed by atoms with Crippen LogP contribution in [0.15, 0.2) is 60.7 Å². The van der Waals surface area contributed by atoms with E-state index in [1.54, 1.807) is 6.92 Å². The van der Waals surface area contributed by atoms with Gasteiger partial charge >= 0.3 is 18.0 Å². The minimum absolute atomic E-state index is 0.106. The molecule has 1 aliphatic rings. The Morgan fingerprint density at radius 3 is 2.12 bits per heavy atom. The fourth-order valence-electron chi connectivity index (χ4n) is 5.03. The number of rotatable bonds is 17. The molecule has 1 fully saturated rings. The van der Waals surface area contributed by atoms with E-state index < -0.39 is 42.0 Å². The quantitative estimate of drug-likeness (QED) is 0.202. The van der Waals surface area contributed by atoms with Crippen LogP contribution in [0.25, 0.3) is 0 Å². The average Bonchev–Trinajstić information content (AvgIpc) is 3.31. The molecule has 41 heavy (non-hydrogen) atoms. The van der Waals surface area contributed by atoms with E-state index in [2.05, 4.69) is 12.2 Å². The molecule has 3 atom stereocenters. The van der Waals surface area contributed by atoms with E-state index in [9.17, 15) is 24.3 Å². The van der Waals surface area contributed by atoms with Gasteiger partial charge in [-0.2, -0.15) is 0 Å². The minimum atomic E-state index is -1.31. The molecule has 0 bridgehead atoms. The number of unbranched alkanes of at least 4 members (excludes halogenated alkanes) is 5. The Labute approximate surface area is 242 Å². The van der Waals surface area contributed by atoms with Crippen molar-refractivity contribution in [2.24, 2.45) is 0 Å². The van der Waals surface area contributed by atoms with E-state index in [4.69, 9.17) is 4.74 Å². The molecule has 0 spiro atoms. The number of hydrogen-bond acceptors (Lipinski definition) is 6. The molecule has 0 aromatic heterocycles. The maximum atomic E-state index is 13.7. The van der Waals surface area contributed by atoms with Gasteiger partial charge in [0.25, 0.3) is 0 Å². The molecular weight excluding hydrogens is 522 g/mol. The molecule has 0 unspecified atom stereocenters. The molecule has 0 aliphatic carbocycles. The number of carbonyl (C=O) groups is 4. The molecule has 3 rings (SSSR count). The summed E-state index contributed by atoms with van der Waals surface area (Å²) in [6, 6.07) is 14.9. The van der Waals surface area contributed by atoms with E-state index in [0.29, 0.717) is 6.42 Å². The molecule has 0 saturated carbocycles. The Morgan fingerprint density at radius 2 is 1.51 bits per heavy atom. The van der Waals surface area contributed by atoms with E-state index in [-0.39, 0.29) is 26.1 Å². The molecule has 2 aromatic carbocycles. The zero-order chi connectivity index (χ0) is 29.6. The van der Waals surface area contributed by atoms with Gasteiger partial charge in [0.15, 0.2) is 6.04 Å². The number of amides is 3. The highest BCUT2D eigenvalue weighted by Gasteiger charge is 2.47. The van der Waals surface area contributed by atoms with Crippen molar-refractivity contribution in [1.82, 2.24) is 15.1 Å². The zero-order valence-corrected chi connectivity index (χ0v) is 24.2. The summed E-state index contributed by atoms with van der Waals surface area (Å²) in [5.41, 5.74) is 1.69. The summed E-state index contributed by atoms with van der Waals surface area (Å²) in [7, 11) is 0. The van der Waals surface area contributed by atoms with Crippen molar-refractivity contribution < 1.29 is 29.0 Å². The van der Waals surface area contributed by atoms with Gasteiger partial charge in [0.2, 0.25) is 5.91 Å². The number of ether oxygens (including phenoxy) is 1. The standard InChI is InChI=1S/C32H43N3O6/c1-3-5-6-7-8-15-20-27(31(39)41-23-25-18-13-10-14-19-25)33-26(4-2)29(36)35-28(30(37)38)22-34(32(35)40)21-24-16-11-9-12-17-24/h9-14,16-19,26-28,33H,3-8,15,20-23H2,1-2H3,(H,37,38)/t26-,27+,28+/m1/s1. The van der Waals surface area contributed by atoms with Crippen LogP contribution >= 0.6 is 0 Å². The van der Waals surface area contributed by atoms with Gasteiger partial charge in [-0.3, -0.25) is 14.9 Å². The number of carboxylic acid groups (broad SMARTS) is 1. The number of nitrogens with one attached hydrogen (secondary N) is 1. The maximum Gasteiger partial charge on any atom is 0.328 e. The predicted octanol–water partition coefficient (Wildman–Crippen LogP) is 5.13. The maximum absolute atomic E-state index is 13.7. The molecule has 2 aromatic rings. The van der Waals surface area contributed by atoms with Crippen LogP contribution in [0.2, 0.25) is 0 Å². The first kappa shape index (κ1) is 31.8. The first-order valence-electron chi connectivity index (χ1n) is 14.7. The van der Waals surface area contributed by atoms with Gasteiger partial charge in [0, 0.05) is 6.54 Å². The lowest BCUT2D eigenvalue weighted by Gasteiger charge is -2.27. The molecule has 3 amide bonds. The summed E-state index contributed by atoms with van der Waals surface area (Å²) in [6.45, 7) is 4.13. The first-order chi connectivity index (χ1) is 19.8. The number of imide groups is 1. The molecule has 2 N–H and O–H groups in total. The number of esters is 1. The highest BCUT2D eigenvalue weighted by atomic mass is 16.5. The number of carbonyl (C=O) groups excluding carboxylic acids is 3. The molecule has 222 valence electrons. The Hall–Kier alpha value is -3.72. The minimum Gasteiger partial charge on any atom is -0.480 e. The van der Waals surface area contributed by atoms with Crippen LogP contribution in [-0.2, 0) is 32.3 Å². The van der Waals surface area contributed by atoms with E-state index in [1.165, 1.54) is 11.3 Å². The van der Waals surface area contributed by atoms with Crippen LogP contribution < -0.4 is 5.32 Å². The SMILES string of the molecule is CCCCCCCC[C@H](N[C@H](CC)C(=O)N1C(=O)N(Cc2ccccc2)C[C@H]1C(=O)O)C(=O)OCc1ccccc1. The summed E-state index contributed by atoms with van der Waals surface area (Å²) >= 11 is 0. The fourth-order valence-corrected chi connectivity index (χ4v) is 5.03. The van der Waals surface area contributed by atoms with Crippen molar-refractivity contribution in [2.75, 3.05) is 6.54 Å².